The largest absolute Gasteiger partial charge is 0.326 e. The molecule has 1 heterocycles. The van der Waals surface area contributed by atoms with E-state index in [1.54, 1.807) is 0 Å². The van der Waals surface area contributed by atoms with E-state index < -0.39 is 0 Å². The van der Waals surface area contributed by atoms with Crippen molar-refractivity contribution in [2.75, 3.05) is 18.4 Å². The molecule has 1 aliphatic heterocycles. The third-order valence-corrected chi connectivity index (χ3v) is 3.77. The van der Waals surface area contributed by atoms with Crippen LogP contribution in [0.4, 0.5) is 5.69 Å². The molecule has 1 fully saturated rings. The first kappa shape index (κ1) is 16.0. The van der Waals surface area contributed by atoms with Gasteiger partial charge < -0.3 is 10.6 Å². The molecular weight excluding hydrogens is 260 g/mol. The lowest BCUT2D eigenvalue weighted by Gasteiger charge is -2.32. The molecule has 4 heteroatoms. The molecule has 1 atom stereocenters. The molecule has 0 aliphatic carbocycles. The lowest BCUT2D eigenvalue weighted by Crippen LogP contribution is -2.48. The zero-order chi connectivity index (χ0) is 13.1. The van der Waals surface area contributed by atoms with E-state index in [0.717, 1.165) is 18.8 Å². The first-order chi connectivity index (χ1) is 8.59. The molecule has 2 N–H and O–H groups in total. The molecular formula is C15H23ClN2O. The van der Waals surface area contributed by atoms with Crippen molar-refractivity contribution in [3.05, 3.63) is 29.8 Å². The third kappa shape index (κ3) is 3.71. The summed E-state index contributed by atoms with van der Waals surface area (Å²) in [6.45, 7) is 8.22. The highest BCUT2D eigenvalue weighted by atomic mass is 35.5. The Kier molecular flexibility index (Phi) is 5.83. The Balaban J connectivity index is 0.00000180. The number of carbonyl (C=O) groups excluding carboxylic acids is 1. The van der Waals surface area contributed by atoms with E-state index in [4.69, 9.17) is 0 Å². The number of benzene rings is 1. The molecule has 3 nitrogen and oxygen atoms in total. The molecule has 0 aromatic heterocycles. The number of para-hydroxylation sites is 1. The maximum atomic E-state index is 12.2. The topological polar surface area (TPSA) is 41.1 Å². The number of hydrogen-bond acceptors (Lipinski definition) is 2. The third-order valence-electron chi connectivity index (χ3n) is 3.77. The summed E-state index contributed by atoms with van der Waals surface area (Å²) in [5.41, 5.74) is 2.15. The quantitative estimate of drug-likeness (QED) is 0.891. The normalized spacial score (nSPS) is 16.4. The number of amides is 1. The van der Waals surface area contributed by atoms with Crippen LogP contribution >= 0.6 is 12.4 Å². The molecule has 0 saturated carbocycles. The van der Waals surface area contributed by atoms with Crippen LogP contribution in [0.5, 0.6) is 0 Å². The van der Waals surface area contributed by atoms with Gasteiger partial charge in [-0.25, -0.2) is 0 Å². The molecule has 19 heavy (non-hydrogen) atoms. The van der Waals surface area contributed by atoms with Gasteiger partial charge in [0.2, 0.25) is 5.91 Å². The second kappa shape index (κ2) is 6.92. The summed E-state index contributed by atoms with van der Waals surface area (Å²) in [5.74, 6) is 1.11. The highest BCUT2D eigenvalue weighted by Gasteiger charge is 2.28. The van der Waals surface area contributed by atoms with Gasteiger partial charge in [0.25, 0.3) is 0 Å². The van der Waals surface area contributed by atoms with Crippen LogP contribution in [0, 0.1) is 11.8 Å². The van der Waals surface area contributed by atoms with Crippen molar-refractivity contribution in [2.24, 2.45) is 11.8 Å². The summed E-state index contributed by atoms with van der Waals surface area (Å²) < 4.78 is 0. The van der Waals surface area contributed by atoms with E-state index in [2.05, 4.69) is 30.5 Å². The summed E-state index contributed by atoms with van der Waals surface area (Å²) in [5, 5.41) is 6.28. The van der Waals surface area contributed by atoms with Gasteiger partial charge in [0.05, 0.1) is 0 Å². The van der Waals surface area contributed by atoms with E-state index in [1.165, 1.54) is 5.56 Å². The predicted octanol–water partition coefficient (Wildman–Crippen LogP) is 3.03. The van der Waals surface area contributed by atoms with Crippen molar-refractivity contribution in [2.45, 2.75) is 26.7 Å². The zero-order valence-corrected chi connectivity index (χ0v) is 12.6. The minimum atomic E-state index is 0. The van der Waals surface area contributed by atoms with Crippen molar-refractivity contribution in [3.8, 4) is 0 Å². The van der Waals surface area contributed by atoms with Gasteiger partial charge in [-0.2, -0.15) is 0 Å². The van der Waals surface area contributed by atoms with Crippen molar-refractivity contribution in [1.82, 2.24) is 5.32 Å². The van der Waals surface area contributed by atoms with Gasteiger partial charge in [0, 0.05) is 11.6 Å². The molecule has 1 aromatic rings. The summed E-state index contributed by atoms with van der Waals surface area (Å²) >= 11 is 0. The number of nitrogens with one attached hydrogen (secondary N) is 2. The number of hydrogen-bond donors (Lipinski definition) is 2. The lowest BCUT2D eigenvalue weighted by atomic mass is 9.88. The molecule has 106 valence electrons. The Hall–Kier alpha value is -1.06. The van der Waals surface area contributed by atoms with E-state index in [0.29, 0.717) is 11.8 Å². The van der Waals surface area contributed by atoms with Crippen molar-refractivity contribution in [1.29, 1.82) is 0 Å². The number of halogens is 1. The number of rotatable bonds is 4. The Bertz CT molecular complexity index is 430. The molecule has 0 radical (unpaired) electrons. The molecule has 2 rings (SSSR count). The fraction of sp³-hybridized carbons (Fsp3) is 0.533. The van der Waals surface area contributed by atoms with Gasteiger partial charge in [-0.15, -0.1) is 12.4 Å². The van der Waals surface area contributed by atoms with Crippen LogP contribution in [0.25, 0.3) is 0 Å². The fourth-order valence-electron chi connectivity index (χ4n) is 2.24. The summed E-state index contributed by atoms with van der Waals surface area (Å²) in [6, 6.07) is 8.05. The zero-order valence-electron chi connectivity index (χ0n) is 11.8. The molecule has 1 amide bonds. The Morgan fingerprint density at radius 1 is 1.26 bits per heavy atom. The first-order valence-electron chi connectivity index (χ1n) is 6.70. The SMILES string of the molecule is CC(C)c1ccccc1NC(=O)C(C)C1CNC1.Cl. The molecule has 1 aliphatic rings. The average molecular weight is 283 g/mol. The van der Waals surface area contributed by atoms with Gasteiger partial charge >= 0.3 is 0 Å². The second-order valence-electron chi connectivity index (χ2n) is 5.44. The van der Waals surface area contributed by atoms with Crippen LogP contribution < -0.4 is 10.6 Å². The highest BCUT2D eigenvalue weighted by molar-refractivity contribution is 5.93. The summed E-state index contributed by atoms with van der Waals surface area (Å²) in [7, 11) is 0. The molecule has 0 spiro atoms. The van der Waals surface area contributed by atoms with Gasteiger partial charge in [0.1, 0.15) is 0 Å². The molecule has 1 aromatic carbocycles. The van der Waals surface area contributed by atoms with Gasteiger partial charge in [-0.05, 0) is 36.6 Å². The number of carbonyl (C=O) groups is 1. The van der Waals surface area contributed by atoms with Crippen LogP contribution in [0.2, 0.25) is 0 Å². The van der Waals surface area contributed by atoms with Crippen molar-refractivity contribution in [3.63, 3.8) is 0 Å². The summed E-state index contributed by atoms with van der Waals surface area (Å²) in [6.07, 6.45) is 0. The predicted molar refractivity (Wildman–Crippen MR) is 81.9 cm³/mol. The Morgan fingerprint density at radius 3 is 2.42 bits per heavy atom. The van der Waals surface area contributed by atoms with Crippen LogP contribution in [0.15, 0.2) is 24.3 Å². The van der Waals surface area contributed by atoms with Crippen LogP contribution in [-0.4, -0.2) is 19.0 Å². The summed E-state index contributed by atoms with van der Waals surface area (Å²) in [4.78, 5) is 12.2. The standard InChI is InChI=1S/C15H22N2O.ClH/c1-10(2)13-6-4-5-7-14(13)17-15(18)11(3)12-8-16-9-12;/h4-7,10-12,16H,8-9H2,1-3H3,(H,17,18);1H. The Labute approximate surface area is 121 Å². The van der Waals surface area contributed by atoms with Crippen LogP contribution in [0.1, 0.15) is 32.3 Å². The van der Waals surface area contributed by atoms with Gasteiger partial charge in [-0.1, -0.05) is 39.0 Å². The van der Waals surface area contributed by atoms with Crippen LogP contribution in [-0.2, 0) is 4.79 Å². The van der Waals surface area contributed by atoms with Crippen LogP contribution in [0.3, 0.4) is 0 Å². The van der Waals surface area contributed by atoms with Crippen molar-refractivity contribution >= 4 is 24.0 Å². The lowest BCUT2D eigenvalue weighted by molar-refractivity contribution is -0.121. The van der Waals surface area contributed by atoms with Crippen molar-refractivity contribution < 1.29 is 4.79 Å². The first-order valence-corrected chi connectivity index (χ1v) is 6.70. The van der Waals surface area contributed by atoms with E-state index >= 15 is 0 Å². The molecule has 1 saturated heterocycles. The average Bonchev–Trinajstić information content (AvgIpc) is 2.27. The minimum absolute atomic E-state index is 0. The van der Waals surface area contributed by atoms with E-state index in [1.807, 2.05) is 25.1 Å². The van der Waals surface area contributed by atoms with Gasteiger partial charge in [0.15, 0.2) is 0 Å². The highest BCUT2D eigenvalue weighted by Crippen LogP contribution is 2.25. The maximum absolute atomic E-state index is 12.2. The monoisotopic (exact) mass is 282 g/mol. The maximum Gasteiger partial charge on any atom is 0.227 e. The smallest absolute Gasteiger partial charge is 0.227 e. The minimum Gasteiger partial charge on any atom is -0.326 e. The molecule has 0 bridgehead atoms. The van der Waals surface area contributed by atoms with Gasteiger partial charge in [-0.3, -0.25) is 4.79 Å². The fourth-order valence-corrected chi connectivity index (χ4v) is 2.24. The molecule has 1 unspecified atom stereocenters. The second-order valence-corrected chi connectivity index (χ2v) is 5.44. The number of anilines is 1. The van der Waals surface area contributed by atoms with E-state index in [9.17, 15) is 4.79 Å². The van der Waals surface area contributed by atoms with E-state index in [-0.39, 0.29) is 24.2 Å². The Morgan fingerprint density at radius 2 is 1.89 bits per heavy atom.